The van der Waals surface area contributed by atoms with E-state index in [2.05, 4.69) is 139 Å². The van der Waals surface area contributed by atoms with Crippen LogP contribution < -0.4 is 0 Å². The van der Waals surface area contributed by atoms with Gasteiger partial charge in [0.05, 0.1) is 19.5 Å². The summed E-state index contributed by atoms with van der Waals surface area (Å²) in [7, 11) is 0. The summed E-state index contributed by atoms with van der Waals surface area (Å²) in [5.74, 6) is 0. The van der Waals surface area contributed by atoms with Gasteiger partial charge in [0.15, 0.2) is 0 Å². The van der Waals surface area contributed by atoms with Crippen molar-refractivity contribution in [1.82, 2.24) is 0 Å². The molecule has 0 atom stereocenters. The molecule has 10 aromatic heterocycles. The zero-order valence-corrected chi connectivity index (χ0v) is 39.5. The Balaban J connectivity index is 1.15. The second-order valence-corrected chi connectivity index (χ2v) is 25.8. The SMILES string of the molecule is Cc1ccc(-c2cc(-c3cc(-c4ccc(C)s4)c(-c4cc(-c5ccc(C)s5)c(-c5ccc(C)s5)s4)s3)sc2-c2cc(-c3ccc(C)s3)c(-c3ccc(C)s3)s2)s1. The molecule has 0 bridgehead atoms. The van der Waals surface area contributed by atoms with Crippen LogP contribution in [-0.2, 0) is 0 Å². The quantitative estimate of drug-likeness (QED) is 0.135. The monoisotopic (exact) mass is 906 g/mol. The molecule has 10 heterocycles. The molecule has 0 fully saturated rings. The number of aryl methyl sites for hydroxylation is 6. The lowest BCUT2D eigenvalue weighted by atomic mass is 10.1. The molecule has 0 aliphatic carbocycles. The average Bonchev–Trinajstić information content (AvgIpc) is 4.00. The van der Waals surface area contributed by atoms with Crippen molar-refractivity contribution in [2.75, 3.05) is 0 Å². The van der Waals surface area contributed by atoms with Crippen LogP contribution in [0.5, 0.6) is 0 Å². The molecule has 10 rings (SSSR count). The van der Waals surface area contributed by atoms with Gasteiger partial charge in [0.1, 0.15) is 0 Å². The molecule has 10 aromatic rings. The standard InChI is InChI=1S/C46H34S10/c1-23-7-13-33(47-23)29-19-39(53-45(29)41-21-31(35-15-9-25(3)49-35)43(55-41)37-17-11-27(5)51-37)40-20-30(34-14-8-24(2)48-34)46(54-40)42-22-32(36-16-10-26(4)50-36)44(56-42)38-18-12-28(6)52-38/h7-22H,1-6H3. The van der Waals surface area contributed by atoms with Gasteiger partial charge in [0.25, 0.3) is 0 Å². The molecule has 0 aromatic carbocycles. The molecule has 0 aliphatic rings. The van der Waals surface area contributed by atoms with Gasteiger partial charge in [-0.2, -0.15) is 0 Å². The average molecular weight is 907 g/mol. The lowest BCUT2D eigenvalue weighted by molar-refractivity contribution is 1.64. The molecule has 0 radical (unpaired) electrons. The van der Waals surface area contributed by atoms with Crippen LogP contribution in [0, 0.1) is 41.5 Å². The highest BCUT2D eigenvalue weighted by Crippen LogP contribution is 2.56. The van der Waals surface area contributed by atoms with Crippen LogP contribution >= 0.6 is 113 Å². The first-order chi connectivity index (χ1) is 27.1. The maximum Gasteiger partial charge on any atom is 0.0536 e. The van der Waals surface area contributed by atoms with E-state index in [1.807, 2.05) is 113 Å². The topological polar surface area (TPSA) is 0 Å². The molecule has 10 heteroatoms. The minimum atomic E-state index is 1.34. The lowest BCUT2D eigenvalue weighted by Gasteiger charge is -1.98. The summed E-state index contributed by atoms with van der Waals surface area (Å²) < 4.78 is 0. The molecule has 0 saturated carbocycles. The maximum absolute atomic E-state index is 2.49. The van der Waals surface area contributed by atoms with Crippen molar-refractivity contribution >= 4 is 113 Å². The smallest absolute Gasteiger partial charge is 0.0536 e. The van der Waals surface area contributed by atoms with E-state index in [0.29, 0.717) is 0 Å². The molecule has 0 spiro atoms. The van der Waals surface area contributed by atoms with E-state index in [9.17, 15) is 0 Å². The molecular weight excluding hydrogens is 873 g/mol. The third-order valence-corrected chi connectivity index (χ3v) is 21.2. The Kier molecular flexibility index (Phi) is 9.98. The molecule has 0 nitrogen and oxygen atoms in total. The highest BCUT2D eigenvalue weighted by atomic mass is 32.1. The molecule has 56 heavy (non-hydrogen) atoms. The third-order valence-electron chi connectivity index (χ3n) is 9.57. The molecule has 0 saturated heterocycles. The first kappa shape index (κ1) is 37.3. The van der Waals surface area contributed by atoms with Crippen molar-refractivity contribution in [3.63, 3.8) is 0 Å². The first-order valence-electron chi connectivity index (χ1n) is 18.1. The van der Waals surface area contributed by atoms with Crippen LogP contribution in [0.25, 0.3) is 90.5 Å². The van der Waals surface area contributed by atoms with Crippen molar-refractivity contribution < 1.29 is 0 Å². The van der Waals surface area contributed by atoms with Crippen molar-refractivity contribution in [2.45, 2.75) is 41.5 Å². The number of rotatable bonds is 9. The van der Waals surface area contributed by atoms with Crippen LogP contribution in [0.4, 0.5) is 0 Å². The van der Waals surface area contributed by atoms with E-state index in [4.69, 9.17) is 0 Å². The fraction of sp³-hybridized carbons (Fsp3) is 0.130. The van der Waals surface area contributed by atoms with Crippen molar-refractivity contribution in [3.05, 3.63) is 126 Å². The van der Waals surface area contributed by atoms with Crippen molar-refractivity contribution in [2.24, 2.45) is 0 Å². The second-order valence-electron chi connectivity index (χ2n) is 13.9. The van der Waals surface area contributed by atoms with Crippen molar-refractivity contribution in [1.29, 1.82) is 0 Å². The largest absolute Gasteiger partial charge is 0.141 e. The molecule has 0 aliphatic heterocycles. The van der Waals surface area contributed by atoms with E-state index < -0.39 is 0 Å². The predicted molar refractivity (Wildman–Crippen MR) is 263 cm³/mol. The number of thiophene rings is 10. The Morgan fingerprint density at radius 1 is 0.214 bits per heavy atom. The Morgan fingerprint density at radius 2 is 0.429 bits per heavy atom. The van der Waals surface area contributed by atoms with E-state index in [0.717, 1.165) is 0 Å². The van der Waals surface area contributed by atoms with Crippen molar-refractivity contribution in [3.8, 4) is 90.5 Å². The Hall–Kier alpha value is -3.00. The molecule has 0 N–H and O–H groups in total. The van der Waals surface area contributed by atoms with Gasteiger partial charge in [-0.3, -0.25) is 0 Å². The summed E-state index contributed by atoms with van der Waals surface area (Å²) in [6, 6.07) is 37.4. The molecular formula is C46H34S10. The maximum atomic E-state index is 2.49. The predicted octanol–water partition coefficient (Wildman–Crippen LogP) is 19.2. The van der Waals surface area contributed by atoms with Gasteiger partial charge in [-0.25, -0.2) is 0 Å². The van der Waals surface area contributed by atoms with Gasteiger partial charge < -0.3 is 0 Å². The zero-order valence-electron chi connectivity index (χ0n) is 31.3. The van der Waals surface area contributed by atoms with Crippen LogP contribution in [0.2, 0.25) is 0 Å². The van der Waals surface area contributed by atoms with Crippen LogP contribution in [-0.4, -0.2) is 0 Å². The van der Waals surface area contributed by atoms with Gasteiger partial charge in [-0.15, -0.1) is 113 Å². The van der Waals surface area contributed by atoms with Gasteiger partial charge in [-0.05, 0) is 139 Å². The summed E-state index contributed by atoms with van der Waals surface area (Å²) >= 11 is 19.2. The van der Waals surface area contributed by atoms with Gasteiger partial charge in [0.2, 0.25) is 0 Å². The van der Waals surface area contributed by atoms with Gasteiger partial charge >= 0.3 is 0 Å². The Morgan fingerprint density at radius 3 is 0.679 bits per heavy atom. The van der Waals surface area contributed by atoms with Crippen LogP contribution in [0.1, 0.15) is 29.3 Å². The summed E-state index contributed by atoms with van der Waals surface area (Å²) in [4.78, 5) is 27.0. The lowest BCUT2D eigenvalue weighted by Crippen LogP contribution is -1.71. The first-order valence-corrected chi connectivity index (χ1v) is 26.3. The molecule has 0 amide bonds. The molecule has 278 valence electrons. The summed E-state index contributed by atoms with van der Waals surface area (Å²) in [5.41, 5.74) is 5.40. The molecule has 0 unspecified atom stereocenters. The summed E-state index contributed by atoms with van der Waals surface area (Å²) in [6.45, 7) is 13.3. The highest BCUT2D eigenvalue weighted by Gasteiger charge is 2.25. The van der Waals surface area contributed by atoms with E-state index in [-0.39, 0.29) is 0 Å². The van der Waals surface area contributed by atoms with E-state index in [1.165, 1.54) is 120 Å². The Labute approximate surface area is 368 Å². The number of hydrogen-bond donors (Lipinski definition) is 0. The second kappa shape index (κ2) is 15.0. The summed E-state index contributed by atoms with van der Waals surface area (Å²) in [5, 5.41) is 0. The highest BCUT2D eigenvalue weighted by molar-refractivity contribution is 7.32. The normalized spacial score (nSPS) is 11.8. The van der Waals surface area contributed by atoms with E-state index in [1.54, 1.807) is 0 Å². The summed E-state index contributed by atoms with van der Waals surface area (Å²) in [6.07, 6.45) is 0. The minimum Gasteiger partial charge on any atom is -0.141 e. The van der Waals surface area contributed by atoms with Crippen LogP contribution in [0.15, 0.2) is 97.1 Å². The van der Waals surface area contributed by atoms with Gasteiger partial charge in [-0.1, -0.05) is 0 Å². The van der Waals surface area contributed by atoms with Gasteiger partial charge in [0, 0.05) is 100 Å². The Bertz CT molecular complexity index is 2690. The zero-order chi connectivity index (χ0) is 38.2. The third kappa shape index (κ3) is 7.00. The minimum absolute atomic E-state index is 1.34. The number of hydrogen-bond acceptors (Lipinski definition) is 10. The van der Waals surface area contributed by atoms with Crippen LogP contribution in [0.3, 0.4) is 0 Å². The van der Waals surface area contributed by atoms with E-state index >= 15 is 0 Å². The fourth-order valence-electron chi connectivity index (χ4n) is 6.93. The fourth-order valence-corrected chi connectivity index (χ4v) is 17.7.